The maximum atomic E-state index is 9.38. The lowest BCUT2D eigenvalue weighted by molar-refractivity contribution is -0.0426. The SMILES string of the molecule is Cc1ccc(C(C#N)OC(C)C(C)O)cc1C. The molecular weight excluding hydrogens is 214 g/mol. The van der Waals surface area contributed by atoms with Crippen LogP contribution in [0.4, 0.5) is 0 Å². The second kappa shape index (κ2) is 5.81. The highest BCUT2D eigenvalue weighted by molar-refractivity contribution is 5.33. The molecule has 0 radical (unpaired) electrons. The smallest absolute Gasteiger partial charge is 0.169 e. The predicted octanol–water partition coefficient (Wildman–Crippen LogP) is 2.65. The Morgan fingerprint density at radius 2 is 1.88 bits per heavy atom. The van der Waals surface area contributed by atoms with Crippen LogP contribution in [0.5, 0.6) is 0 Å². The number of nitriles is 1. The van der Waals surface area contributed by atoms with Crippen LogP contribution in [0.2, 0.25) is 0 Å². The molecule has 0 saturated heterocycles. The van der Waals surface area contributed by atoms with E-state index in [4.69, 9.17) is 10.00 Å². The minimum Gasteiger partial charge on any atom is -0.391 e. The highest BCUT2D eigenvalue weighted by atomic mass is 16.5. The van der Waals surface area contributed by atoms with Gasteiger partial charge in [-0.05, 0) is 44.4 Å². The summed E-state index contributed by atoms with van der Waals surface area (Å²) < 4.78 is 5.53. The number of hydrogen-bond donors (Lipinski definition) is 1. The third kappa shape index (κ3) is 3.55. The third-order valence-electron chi connectivity index (χ3n) is 2.98. The summed E-state index contributed by atoms with van der Waals surface area (Å²) in [6.07, 6.45) is -1.57. The quantitative estimate of drug-likeness (QED) is 0.869. The molecule has 0 aromatic heterocycles. The van der Waals surface area contributed by atoms with Gasteiger partial charge < -0.3 is 9.84 Å². The fraction of sp³-hybridized carbons (Fsp3) is 0.500. The molecule has 3 atom stereocenters. The van der Waals surface area contributed by atoms with Gasteiger partial charge in [0, 0.05) is 0 Å². The summed E-state index contributed by atoms with van der Waals surface area (Å²) in [5.41, 5.74) is 3.16. The molecule has 3 unspecified atom stereocenters. The van der Waals surface area contributed by atoms with Crippen molar-refractivity contribution in [3.05, 3.63) is 34.9 Å². The van der Waals surface area contributed by atoms with E-state index in [-0.39, 0.29) is 6.10 Å². The van der Waals surface area contributed by atoms with Gasteiger partial charge in [-0.25, -0.2) is 0 Å². The van der Waals surface area contributed by atoms with E-state index in [9.17, 15) is 5.11 Å². The van der Waals surface area contributed by atoms with E-state index in [0.717, 1.165) is 11.1 Å². The molecule has 92 valence electrons. The minimum atomic E-state index is -0.626. The topological polar surface area (TPSA) is 53.2 Å². The van der Waals surface area contributed by atoms with Crippen molar-refractivity contribution < 1.29 is 9.84 Å². The summed E-state index contributed by atoms with van der Waals surface area (Å²) in [6.45, 7) is 7.45. The Labute approximate surface area is 103 Å². The highest BCUT2D eigenvalue weighted by Crippen LogP contribution is 2.22. The molecule has 0 aliphatic rings. The fourth-order valence-electron chi connectivity index (χ4n) is 1.44. The average Bonchev–Trinajstić information content (AvgIpc) is 2.29. The van der Waals surface area contributed by atoms with Crippen LogP contribution >= 0.6 is 0 Å². The van der Waals surface area contributed by atoms with Gasteiger partial charge in [0.2, 0.25) is 0 Å². The highest BCUT2D eigenvalue weighted by Gasteiger charge is 2.18. The molecule has 1 rings (SSSR count). The lowest BCUT2D eigenvalue weighted by Crippen LogP contribution is -2.24. The van der Waals surface area contributed by atoms with Gasteiger partial charge in [-0.15, -0.1) is 0 Å². The molecule has 1 aromatic rings. The Morgan fingerprint density at radius 3 is 2.35 bits per heavy atom. The van der Waals surface area contributed by atoms with Gasteiger partial charge in [-0.3, -0.25) is 0 Å². The molecule has 1 aromatic carbocycles. The first-order chi connectivity index (χ1) is 7.95. The van der Waals surface area contributed by atoms with Gasteiger partial charge in [-0.2, -0.15) is 5.26 Å². The Balaban J connectivity index is 2.87. The van der Waals surface area contributed by atoms with Crippen LogP contribution in [0.1, 0.15) is 36.6 Å². The average molecular weight is 233 g/mol. The van der Waals surface area contributed by atoms with Crippen LogP contribution < -0.4 is 0 Å². The number of aliphatic hydroxyl groups excluding tert-OH is 1. The van der Waals surface area contributed by atoms with Gasteiger partial charge in [0.15, 0.2) is 6.10 Å². The van der Waals surface area contributed by atoms with E-state index in [2.05, 4.69) is 6.07 Å². The van der Waals surface area contributed by atoms with Crippen molar-refractivity contribution in [2.45, 2.75) is 46.0 Å². The fourth-order valence-corrected chi connectivity index (χ4v) is 1.44. The Bertz CT molecular complexity index is 421. The number of benzene rings is 1. The maximum absolute atomic E-state index is 9.38. The van der Waals surface area contributed by atoms with Gasteiger partial charge in [0.05, 0.1) is 18.3 Å². The van der Waals surface area contributed by atoms with Crippen molar-refractivity contribution in [3.8, 4) is 6.07 Å². The summed E-state index contributed by atoms with van der Waals surface area (Å²) in [5.74, 6) is 0. The first-order valence-electron chi connectivity index (χ1n) is 5.76. The van der Waals surface area contributed by atoms with Crippen molar-refractivity contribution in [1.29, 1.82) is 5.26 Å². The van der Waals surface area contributed by atoms with E-state index in [1.54, 1.807) is 13.8 Å². The molecule has 0 aliphatic heterocycles. The largest absolute Gasteiger partial charge is 0.391 e. The number of rotatable bonds is 4. The molecule has 0 fully saturated rings. The molecule has 17 heavy (non-hydrogen) atoms. The summed E-state index contributed by atoms with van der Waals surface area (Å²) >= 11 is 0. The molecular formula is C14H19NO2. The van der Waals surface area contributed by atoms with Crippen molar-refractivity contribution in [2.24, 2.45) is 0 Å². The van der Waals surface area contributed by atoms with Crippen LogP contribution in [0, 0.1) is 25.2 Å². The lowest BCUT2D eigenvalue weighted by Gasteiger charge is -2.20. The second-order valence-corrected chi connectivity index (χ2v) is 4.43. The van der Waals surface area contributed by atoms with Gasteiger partial charge in [0.25, 0.3) is 0 Å². The van der Waals surface area contributed by atoms with Crippen LogP contribution in [-0.4, -0.2) is 17.3 Å². The number of aliphatic hydroxyl groups is 1. The number of ether oxygens (including phenoxy) is 1. The third-order valence-corrected chi connectivity index (χ3v) is 2.98. The van der Waals surface area contributed by atoms with Crippen molar-refractivity contribution >= 4 is 0 Å². The summed E-state index contributed by atoms with van der Waals surface area (Å²) in [7, 11) is 0. The van der Waals surface area contributed by atoms with Crippen LogP contribution in [0.15, 0.2) is 18.2 Å². The summed E-state index contributed by atoms with van der Waals surface area (Å²) in [5, 5.41) is 18.5. The summed E-state index contributed by atoms with van der Waals surface area (Å²) in [4.78, 5) is 0. The van der Waals surface area contributed by atoms with Crippen molar-refractivity contribution in [2.75, 3.05) is 0 Å². The molecule has 0 bridgehead atoms. The van der Waals surface area contributed by atoms with E-state index in [1.807, 2.05) is 32.0 Å². The molecule has 0 amide bonds. The Morgan fingerprint density at radius 1 is 1.24 bits per heavy atom. The second-order valence-electron chi connectivity index (χ2n) is 4.43. The lowest BCUT2D eigenvalue weighted by atomic mass is 10.0. The molecule has 0 aliphatic carbocycles. The first kappa shape index (κ1) is 13.7. The minimum absolute atomic E-state index is 0.360. The molecule has 3 nitrogen and oxygen atoms in total. The maximum Gasteiger partial charge on any atom is 0.169 e. The molecule has 3 heteroatoms. The van der Waals surface area contributed by atoms with Crippen LogP contribution in [0.25, 0.3) is 0 Å². The monoisotopic (exact) mass is 233 g/mol. The van der Waals surface area contributed by atoms with Crippen molar-refractivity contribution in [3.63, 3.8) is 0 Å². The van der Waals surface area contributed by atoms with E-state index in [0.29, 0.717) is 0 Å². The Kier molecular flexibility index (Phi) is 4.68. The number of hydrogen-bond acceptors (Lipinski definition) is 3. The van der Waals surface area contributed by atoms with Gasteiger partial charge >= 0.3 is 0 Å². The zero-order valence-corrected chi connectivity index (χ0v) is 10.8. The number of nitrogens with zero attached hydrogens (tertiary/aromatic N) is 1. The van der Waals surface area contributed by atoms with Gasteiger partial charge in [-0.1, -0.05) is 18.2 Å². The predicted molar refractivity (Wildman–Crippen MR) is 66.5 cm³/mol. The normalized spacial score (nSPS) is 16.0. The van der Waals surface area contributed by atoms with Gasteiger partial charge in [0.1, 0.15) is 0 Å². The molecule has 1 N–H and O–H groups in total. The zero-order chi connectivity index (χ0) is 13.0. The van der Waals surface area contributed by atoms with Crippen LogP contribution in [-0.2, 0) is 4.74 Å². The van der Waals surface area contributed by atoms with E-state index in [1.165, 1.54) is 5.56 Å². The van der Waals surface area contributed by atoms with Crippen molar-refractivity contribution in [1.82, 2.24) is 0 Å². The Hall–Kier alpha value is -1.37. The molecule has 0 heterocycles. The standard InChI is InChI=1S/C14H19NO2/c1-9-5-6-13(7-10(9)2)14(8-15)17-12(4)11(3)16/h5-7,11-12,14,16H,1-4H3. The number of aryl methyl sites for hydroxylation is 2. The summed E-state index contributed by atoms with van der Waals surface area (Å²) in [6, 6.07) is 7.95. The van der Waals surface area contributed by atoms with E-state index < -0.39 is 12.2 Å². The molecule has 0 spiro atoms. The van der Waals surface area contributed by atoms with Crippen LogP contribution in [0.3, 0.4) is 0 Å². The van der Waals surface area contributed by atoms with E-state index >= 15 is 0 Å². The zero-order valence-electron chi connectivity index (χ0n) is 10.8. The molecule has 0 saturated carbocycles. The first-order valence-corrected chi connectivity index (χ1v) is 5.76.